The van der Waals surface area contributed by atoms with Crippen LogP contribution < -0.4 is 9.62 Å². The van der Waals surface area contributed by atoms with Crippen molar-refractivity contribution in [3.63, 3.8) is 0 Å². The van der Waals surface area contributed by atoms with Gasteiger partial charge >= 0.3 is 0 Å². The van der Waals surface area contributed by atoms with Gasteiger partial charge in [0.25, 0.3) is 10.0 Å². The number of anilines is 2. The van der Waals surface area contributed by atoms with E-state index in [0.717, 1.165) is 4.31 Å². The molecule has 0 spiro atoms. The SMILES string of the molecule is CC(=O)Nc1ccc(Cl)cc1S(=O)(=O)N(C)c1cccnc1Cl. The van der Waals surface area contributed by atoms with Crippen LogP contribution in [0.15, 0.2) is 41.4 Å². The number of aromatic nitrogens is 1. The number of carbonyl (C=O) groups excluding carboxylic acids is 1. The third-order valence-electron chi connectivity index (χ3n) is 2.97. The third-order valence-corrected chi connectivity index (χ3v) is 5.31. The summed E-state index contributed by atoms with van der Waals surface area (Å²) in [5.41, 5.74) is 0.344. The van der Waals surface area contributed by atoms with Crippen molar-refractivity contribution in [2.45, 2.75) is 11.8 Å². The van der Waals surface area contributed by atoms with Crippen LogP contribution in [0.25, 0.3) is 0 Å². The van der Waals surface area contributed by atoms with Crippen LogP contribution in [0, 0.1) is 0 Å². The molecule has 1 N–H and O–H groups in total. The predicted octanol–water partition coefficient (Wildman–Crippen LogP) is 3.17. The van der Waals surface area contributed by atoms with Gasteiger partial charge in [-0.25, -0.2) is 13.4 Å². The first kappa shape index (κ1) is 17.5. The molecule has 0 aliphatic heterocycles. The molecule has 1 heterocycles. The number of hydrogen-bond donors (Lipinski definition) is 1. The largest absolute Gasteiger partial charge is 0.325 e. The van der Waals surface area contributed by atoms with Crippen LogP contribution in [-0.4, -0.2) is 26.4 Å². The lowest BCUT2D eigenvalue weighted by Gasteiger charge is -2.21. The van der Waals surface area contributed by atoms with Gasteiger partial charge in [0, 0.05) is 25.2 Å². The van der Waals surface area contributed by atoms with E-state index in [1.54, 1.807) is 6.07 Å². The zero-order chi connectivity index (χ0) is 17.2. The lowest BCUT2D eigenvalue weighted by Crippen LogP contribution is -2.28. The molecule has 0 aliphatic rings. The zero-order valence-corrected chi connectivity index (χ0v) is 14.6. The lowest BCUT2D eigenvalue weighted by molar-refractivity contribution is -0.114. The molecule has 0 fully saturated rings. The maximum Gasteiger partial charge on any atom is 0.266 e. The minimum absolute atomic E-state index is 0.0432. The van der Waals surface area contributed by atoms with Crippen LogP contribution in [0.4, 0.5) is 11.4 Å². The van der Waals surface area contributed by atoms with Gasteiger partial charge in [0.2, 0.25) is 5.91 Å². The first-order valence-corrected chi connectivity index (χ1v) is 8.59. The number of amides is 1. The van der Waals surface area contributed by atoms with Gasteiger partial charge in [-0.15, -0.1) is 0 Å². The zero-order valence-electron chi connectivity index (χ0n) is 12.2. The number of benzene rings is 1. The van der Waals surface area contributed by atoms with E-state index in [9.17, 15) is 13.2 Å². The van der Waals surface area contributed by atoms with Crippen molar-refractivity contribution < 1.29 is 13.2 Å². The normalized spacial score (nSPS) is 11.1. The average Bonchev–Trinajstić information content (AvgIpc) is 2.48. The molecule has 9 heteroatoms. The Morgan fingerprint density at radius 1 is 1.26 bits per heavy atom. The van der Waals surface area contributed by atoms with Crippen molar-refractivity contribution >= 4 is 50.5 Å². The Morgan fingerprint density at radius 3 is 2.57 bits per heavy atom. The van der Waals surface area contributed by atoms with Crippen LogP contribution >= 0.6 is 23.2 Å². The van der Waals surface area contributed by atoms with E-state index in [4.69, 9.17) is 23.2 Å². The molecule has 2 rings (SSSR count). The molecular weight excluding hydrogens is 361 g/mol. The molecule has 1 amide bonds. The highest BCUT2D eigenvalue weighted by Gasteiger charge is 2.27. The Morgan fingerprint density at radius 2 is 1.96 bits per heavy atom. The Hall–Kier alpha value is -1.83. The molecule has 0 bridgehead atoms. The van der Waals surface area contributed by atoms with E-state index < -0.39 is 15.9 Å². The number of pyridine rings is 1. The monoisotopic (exact) mass is 373 g/mol. The minimum Gasteiger partial charge on any atom is -0.325 e. The smallest absolute Gasteiger partial charge is 0.266 e. The highest BCUT2D eigenvalue weighted by atomic mass is 35.5. The average molecular weight is 374 g/mol. The van der Waals surface area contributed by atoms with Gasteiger partial charge in [-0.2, -0.15) is 0 Å². The number of carbonyl (C=O) groups is 1. The second-order valence-corrected chi connectivity index (χ2v) is 7.34. The fraction of sp³-hybridized carbons (Fsp3) is 0.143. The van der Waals surface area contributed by atoms with Crippen molar-refractivity contribution in [3.8, 4) is 0 Å². The van der Waals surface area contributed by atoms with Crippen molar-refractivity contribution in [2.75, 3.05) is 16.7 Å². The van der Waals surface area contributed by atoms with Gasteiger partial charge in [-0.05, 0) is 30.3 Å². The van der Waals surface area contributed by atoms with Gasteiger partial charge in [0.15, 0.2) is 5.15 Å². The van der Waals surface area contributed by atoms with Crippen molar-refractivity contribution in [1.82, 2.24) is 4.98 Å². The third kappa shape index (κ3) is 3.74. The summed E-state index contributed by atoms with van der Waals surface area (Å²) in [6.45, 7) is 1.28. The number of sulfonamides is 1. The Labute approximate surface area is 144 Å². The van der Waals surface area contributed by atoms with Gasteiger partial charge in [0.1, 0.15) is 4.90 Å². The molecular formula is C14H13Cl2N3O3S. The fourth-order valence-electron chi connectivity index (χ4n) is 1.89. The molecule has 0 unspecified atom stereocenters. The van der Waals surface area contributed by atoms with Gasteiger partial charge in [-0.3, -0.25) is 9.10 Å². The van der Waals surface area contributed by atoms with Crippen molar-refractivity contribution in [2.24, 2.45) is 0 Å². The van der Waals surface area contributed by atoms with E-state index in [0.29, 0.717) is 0 Å². The van der Waals surface area contributed by atoms with Crippen LogP contribution in [-0.2, 0) is 14.8 Å². The van der Waals surface area contributed by atoms with Crippen molar-refractivity contribution in [1.29, 1.82) is 0 Å². The molecule has 1 aromatic heterocycles. The van der Waals surface area contributed by atoms with E-state index in [2.05, 4.69) is 10.3 Å². The van der Waals surface area contributed by atoms with E-state index in [-0.39, 0.29) is 26.4 Å². The van der Waals surface area contributed by atoms with E-state index >= 15 is 0 Å². The van der Waals surface area contributed by atoms with E-state index in [1.807, 2.05) is 0 Å². The number of hydrogen-bond acceptors (Lipinski definition) is 4. The van der Waals surface area contributed by atoms with Crippen LogP contribution in [0.1, 0.15) is 6.92 Å². The highest BCUT2D eigenvalue weighted by Crippen LogP contribution is 2.32. The first-order chi connectivity index (χ1) is 10.7. The van der Waals surface area contributed by atoms with Gasteiger partial charge in [0.05, 0.1) is 11.4 Å². The lowest BCUT2D eigenvalue weighted by atomic mass is 10.3. The molecule has 2 aromatic rings. The standard InChI is InChI=1S/C14H13Cl2N3O3S/c1-9(20)18-11-6-5-10(15)8-13(11)23(21,22)19(2)12-4-3-7-17-14(12)16/h3-8H,1-2H3,(H,18,20). The molecule has 0 saturated carbocycles. The van der Waals surface area contributed by atoms with Crippen LogP contribution in [0.2, 0.25) is 10.2 Å². The second kappa shape index (κ2) is 6.74. The number of nitrogens with zero attached hydrogens (tertiary/aromatic N) is 2. The number of halogens is 2. The molecule has 0 aliphatic carbocycles. The summed E-state index contributed by atoms with van der Waals surface area (Å²) in [7, 11) is -2.66. The molecule has 23 heavy (non-hydrogen) atoms. The summed E-state index contributed by atoms with van der Waals surface area (Å²) in [5.74, 6) is -0.397. The topological polar surface area (TPSA) is 79.4 Å². The minimum atomic E-state index is -4.00. The number of nitrogens with one attached hydrogen (secondary N) is 1. The quantitative estimate of drug-likeness (QED) is 0.834. The van der Waals surface area contributed by atoms with E-state index in [1.165, 1.54) is 44.4 Å². The Bertz CT molecular complexity index is 856. The summed E-state index contributed by atoms with van der Waals surface area (Å²) in [6.07, 6.45) is 1.45. The fourth-order valence-corrected chi connectivity index (χ4v) is 3.80. The first-order valence-electron chi connectivity index (χ1n) is 6.40. The van der Waals surface area contributed by atoms with Gasteiger partial charge < -0.3 is 5.32 Å². The Kier molecular flexibility index (Phi) is 5.13. The molecule has 1 aromatic carbocycles. The predicted molar refractivity (Wildman–Crippen MR) is 90.6 cm³/mol. The van der Waals surface area contributed by atoms with Gasteiger partial charge in [-0.1, -0.05) is 23.2 Å². The molecule has 0 atom stereocenters. The summed E-state index contributed by atoms with van der Waals surface area (Å²) < 4.78 is 26.7. The molecule has 6 nitrogen and oxygen atoms in total. The summed E-state index contributed by atoms with van der Waals surface area (Å²) in [6, 6.07) is 7.27. The molecule has 0 radical (unpaired) electrons. The Balaban J connectivity index is 2.57. The summed E-state index contributed by atoms with van der Waals surface area (Å²) >= 11 is 11.9. The summed E-state index contributed by atoms with van der Waals surface area (Å²) in [4.78, 5) is 15.0. The maximum atomic E-state index is 12.9. The second-order valence-electron chi connectivity index (χ2n) is 4.61. The highest BCUT2D eigenvalue weighted by molar-refractivity contribution is 7.93. The van der Waals surface area contributed by atoms with Crippen molar-refractivity contribution in [3.05, 3.63) is 46.7 Å². The molecule has 122 valence electrons. The summed E-state index contributed by atoms with van der Waals surface area (Å²) in [5, 5.41) is 2.74. The maximum absolute atomic E-state index is 12.9. The number of rotatable bonds is 4. The van der Waals surface area contributed by atoms with Crippen LogP contribution in [0.3, 0.4) is 0 Å². The molecule has 0 saturated heterocycles. The van der Waals surface area contributed by atoms with Crippen LogP contribution in [0.5, 0.6) is 0 Å².